The molecule has 0 bridgehead atoms. The van der Waals surface area contributed by atoms with E-state index in [1.807, 2.05) is 44.2 Å². The number of hydrogen-bond acceptors (Lipinski definition) is 5. The first-order valence-corrected chi connectivity index (χ1v) is 12.2. The van der Waals surface area contributed by atoms with E-state index in [2.05, 4.69) is 31.3 Å². The molecule has 1 N–H and O–H groups in total. The number of aliphatic imine (C=N–C) groups is 1. The van der Waals surface area contributed by atoms with Gasteiger partial charge in [0.2, 0.25) is 11.8 Å². The van der Waals surface area contributed by atoms with Crippen molar-refractivity contribution in [3.8, 4) is 0 Å². The second kappa shape index (κ2) is 11.5. The first-order valence-electron chi connectivity index (χ1n) is 11.3. The number of ether oxygens (including phenoxy) is 1. The standard InChI is InChI=1S/C26H33N3O3S/c1-17(2)20-10-12-21(13-11-20)27-26-29(14-7-15-32-5)25(31)22(33-26)16-23(30)28-24-18(3)8-6-9-19(24)4/h6,8-13,17,22H,7,14-16H2,1-5H3,(H,28,30). The van der Waals surface area contributed by atoms with E-state index in [0.717, 1.165) is 22.5 Å². The van der Waals surface area contributed by atoms with E-state index >= 15 is 0 Å². The van der Waals surface area contributed by atoms with Gasteiger partial charge in [-0.25, -0.2) is 4.99 Å². The average molecular weight is 468 g/mol. The summed E-state index contributed by atoms with van der Waals surface area (Å²) in [6, 6.07) is 14.0. The largest absolute Gasteiger partial charge is 0.385 e. The van der Waals surface area contributed by atoms with Gasteiger partial charge in [0.05, 0.1) is 5.69 Å². The number of nitrogens with zero attached hydrogens (tertiary/aromatic N) is 2. The molecule has 0 saturated carbocycles. The Morgan fingerprint density at radius 1 is 1.15 bits per heavy atom. The Bertz CT molecular complexity index is 998. The van der Waals surface area contributed by atoms with Crippen LogP contribution in [0.1, 0.15) is 49.3 Å². The van der Waals surface area contributed by atoms with Crippen LogP contribution in [-0.2, 0) is 14.3 Å². The lowest BCUT2D eigenvalue weighted by molar-refractivity contribution is -0.128. The molecule has 6 nitrogen and oxygen atoms in total. The summed E-state index contributed by atoms with van der Waals surface area (Å²) in [5.41, 5.74) is 4.86. The quantitative estimate of drug-likeness (QED) is 0.500. The van der Waals surface area contributed by atoms with Crippen molar-refractivity contribution >= 4 is 40.1 Å². The van der Waals surface area contributed by atoms with Crippen molar-refractivity contribution in [2.24, 2.45) is 4.99 Å². The number of hydrogen-bond donors (Lipinski definition) is 1. The highest BCUT2D eigenvalue weighted by molar-refractivity contribution is 8.15. The minimum atomic E-state index is -0.495. The molecule has 0 spiro atoms. The SMILES string of the molecule is COCCCN1C(=O)C(CC(=O)Nc2c(C)cccc2C)SC1=Nc1ccc(C(C)C)cc1. The maximum Gasteiger partial charge on any atom is 0.242 e. The summed E-state index contributed by atoms with van der Waals surface area (Å²) in [6.07, 6.45) is 0.804. The van der Waals surface area contributed by atoms with Crippen molar-refractivity contribution in [2.45, 2.75) is 51.7 Å². The lowest BCUT2D eigenvalue weighted by Crippen LogP contribution is -2.34. The monoisotopic (exact) mass is 467 g/mol. The minimum absolute atomic E-state index is 0.0784. The van der Waals surface area contributed by atoms with E-state index in [1.54, 1.807) is 12.0 Å². The fourth-order valence-electron chi connectivity index (χ4n) is 3.71. The Morgan fingerprint density at radius 2 is 1.82 bits per heavy atom. The Hall–Kier alpha value is -2.64. The van der Waals surface area contributed by atoms with Crippen molar-refractivity contribution in [1.29, 1.82) is 0 Å². The number of rotatable bonds is 9. The first kappa shape index (κ1) is 25.0. The molecule has 1 aliphatic heterocycles. The van der Waals surface area contributed by atoms with E-state index < -0.39 is 5.25 Å². The summed E-state index contributed by atoms with van der Waals surface area (Å²) in [5.74, 6) is 0.197. The van der Waals surface area contributed by atoms with Crippen LogP contribution in [0.4, 0.5) is 11.4 Å². The van der Waals surface area contributed by atoms with Crippen molar-refractivity contribution < 1.29 is 14.3 Å². The number of amides is 2. The van der Waals surface area contributed by atoms with Crippen LogP contribution in [0.5, 0.6) is 0 Å². The van der Waals surface area contributed by atoms with Crippen molar-refractivity contribution in [2.75, 3.05) is 25.6 Å². The van der Waals surface area contributed by atoms with Gasteiger partial charge in [-0.2, -0.15) is 0 Å². The molecule has 1 heterocycles. The highest BCUT2D eigenvalue weighted by Crippen LogP contribution is 2.32. The Labute approximate surface area is 200 Å². The van der Waals surface area contributed by atoms with E-state index in [-0.39, 0.29) is 18.2 Å². The third-order valence-electron chi connectivity index (χ3n) is 5.65. The van der Waals surface area contributed by atoms with Gasteiger partial charge in [0.1, 0.15) is 5.25 Å². The van der Waals surface area contributed by atoms with E-state index in [4.69, 9.17) is 9.73 Å². The minimum Gasteiger partial charge on any atom is -0.385 e. The predicted octanol–water partition coefficient (Wildman–Crippen LogP) is 5.42. The molecule has 2 amide bonds. The van der Waals surface area contributed by atoms with Gasteiger partial charge in [0.15, 0.2) is 5.17 Å². The van der Waals surface area contributed by atoms with Crippen LogP contribution in [0.3, 0.4) is 0 Å². The maximum atomic E-state index is 13.2. The topological polar surface area (TPSA) is 71.0 Å². The van der Waals surface area contributed by atoms with Gasteiger partial charge in [-0.3, -0.25) is 14.5 Å². The van der Waals surface area contributed by atoms with Crippen molar-refractivity contribution in [3.63, 3.8) is 0 Å². The first-order chi connectivity index (χ1) is 15.8. The van der Waals surface area contributed by atoms with Crippen LogP contribution < -0.4 is 5.32 Å². The molecular formula is C26H33N3O3S. The second-order valence-electron chi connectivity index (χ2n) is 8.60. The third-order valence-corrected chi connectivity index (χ3v) is 6.83. The fourth-order valence-corrected chi connectivity index (χ4v) is 4.90. The normalized spacial score (nSPS) is 17.3. The number of nitrogens with one attached hydrogen (secondary N) is 1. The molecule has 1 saturated heterocycles. The van der Waals surface area contributed by atoms with E-state index in [1.165, 1.54) is 17.3 Å². The second-order valence-corrected chi connectivity index (χ2v) is 9.77. The van der Waals surface area contributed by atoms with Crippen LogP contribution in [0, 0.1) is 13.8 Å². The molecule has 0 aliphatic carbocycles. The summed E-state index contributed by atoms with van der Waals surface area (Å²) in [6.45, 7) is 9.30. The van der Waals surface area contributed by atoms with Gasteiger partial charge in [0, 0.05) is 32.4 Å². The fraction of sp³-hybridized carbons (Fsp3) is 0.423. The molecule has 2 aromatic carbocycles. The van der Waals surface area contributed by atoms with Gasteiger partial charge in [-0.1, -0.05) is 55.9 Å². The van der Waals surface area contributed by atoms with Crippen LogP contribution in [0.2, 0.25) is 0 Å². The number of para-hydroxylation sites is 1. The molecular weight excluding hydrogens is 434 g/mol. The maximum absolute atomic E-state index is 13.2. The van der Waals surface area contributed by atoms with Crippen LogP contribution in [0.15, 0.2) is 47.5 Å². The van der Waals surface area contributed by atoms with Gasteiger partial charge < -0.3 is 10.1 Å². The highest BCUT2D eigenvalue weighted by atomic mass is 32.2. The summed E-state index contributed by atoms with van der Waals surface area (Å²) < 4.78 is 5.16. The highest BCUT2D eigenvalue weighted by Gasteiger charge is 2.39. The number of carbonyl (C=O) groups is 2. The number of methoxy groups -OCH3 is 1. The van der Waals surface area contributed by atoms with Gasteiger partial charge in [-0.15, -0.1) is 0 Å². The Morgan fingerprint density at radius 3 is 2.42 bits per heavy atom. The summed E-state index contributed by atoms with van der Waals surface area (Å²) >= 11 is 1.36. The summed E-state index contributed by atoms with van der Waals surface area (Å²) in [7, 11) is 1.65. The zero-order valence-corrected chi connectivity index (χ0v) is 20.9. The molecule has 7 heteroatoms. The molecule has 0 radical (unpaired) electrons. The molecule has 2 aromatic rings. The van der Waals surface area contributed by atoms with Gasteiger partial charge in [-0.05, 0) is 55.0 Å². The van der Waals surface area contributed by atoms with E-state index in [0.29, 0.717) is 30.7 Å². The molecule has 1 atom stereocenters. The van der Waals surface area contributed by atoms with Crippen LogP contribution in [-0.4, -0.2) is 47.4 Å². The number of anilines is 1. The molecule has 1 unspecified atom stereocenters. The molecule has 33 heavy (non-hydrogen) atoms. The predicted molar refractivity (Wildman–Crippen MR) is 136 cm³/mol. The van der Waals surface area contributed by atoms with Crippen LogP contribution in [0.25, 0.3) is 0 Å². The molecule has 176 valence electrons. The number of benzene rings is 2. The summed E-state index contributed by atoms with van der Waals surface area (Å²) in [5, 5.41) is 3.13. The Kier molecular flexibility index (Phi) is 8.69. The average Bonchev–Trinajstić information content (AvgIpc) is 3.05. The van der Waals surface area contributed by atoms with Crippen molar-refractivity contribution in [3.05, 3.63) is 59.2 Å². The number of amidine groups is 1. The Balaban J connectivity index is 1.76. The third kappa shape index (κ3) is 6.45. The van der Waals surface area contributed by atoms with E-state index in [9.17, 15) is 9.59 Å². The molecule has 0 aromatic heterocycles. The number of carbonyl (C=O) groups excluding carboxylic acids is 2. The molecule has 1 aliphatic rings. The van der Waals surface area contributed by atoms with Crippen molar-refractivity contribution in [1.82, 2.24) is 4.90 Å². The summed E-state index contributed by atoms with van der Waals surface area (Å²) in [4.78, 5) is 32.4. The van der Waals surface area contributed by atoms with Crippen LogP contribution >= 0.6 is 11.8 Å². The lowest BCUT2D eigenvalue weighted by Gasteiger charge is -2.16. The lowest BCUT2D eigenvalue weighted by atomic mass is 10.0. The molecule has 1 fully saturated rings. The number of thioether (sulfide) groups is 1. The zero-order chi connectivity index (χ0) is 24.0. The molecule has 3 rings (SSSR count). The smallest absolute Gasteiger partial charge is 0.242 e. The number of aryl methyl sites for hydroxylation is 2. The zero-order valence-electron chi connectivity index (χ0n) is 20.1. The van der Waals surface area contributed by atoms with Gasteiger partial charge >= 0.3 is 0 Å². The van der Waals surface area contributed by atoms with Gasteiger partial charge in [0.25, 0.3) is 0 Å².